The summed E-state index contributed by atoms with van der Waals surface area (Å²) in [5.41, 5.74) is 1.41. The van der Waals surface area contributed by atoms with Crippen LogP contribution in [-0.4, -0.2) is 29.3 Å². The molecule has 5 nitrogen and oxygen atoms in total. The summed E-state index contributed by atoms with van der Waals surface area (Å²) in [4.78, 5) is 12.3. The molecule has 0 aliphatic heterocycles. The molecular weight excluding hydrogens is 372 g/mol. The van der Waals surface area contributed by atoms with Crippen molar-refractivity contribution in [3.05, 3.63) is 46.2 Å². The lowest BCUT2D eigenvalue weighted by Crippen LogP contribution is -2.00. The number of hydrogen-bond acceptors (Lipinski definition) is 4. The van der Waals surface area contributed by atoms with Crippen LogP contribution in [-0.2, 0) is 0 Å². The molecule has 1 aromatic heterocycles. The Bertz CT molecular complexity index is 751. The van der Waals surface area contributed by atoms with Crippen LogP contribution in [0.2, 0.25) is 0 Å². The van der Waals surface area contributed by atoms with Crippen LogP contribution in [0.25, 0.3) is 6.08 Å². The topological polar surface area (TPSA) is 53.3 Å². The molecule has 6 heteroatoms. The Morgan fingerprint density at radius 2 is 2.17 bits per heavy atom. The molecule has 0 fully saturated rings. The quantitative estimate of drug-likeness (QED) is 0.512. The zero-order valence-corrected chi connectivity index (χ0v) is 15.8. The Labute approximate surface area is 150 Å². The highest BCUT2D eigenvalue weighted by molar-refractivity contribution is 9.10. The molecular formula is C18H21BrN2O3. The average Bonchev–Trinajstić information content (AvgIpc) is 3.05. The smallest absolute Gasteiger partial charge is 0.189 e. The number of rotatable bonds is 7. The van der Waals surface area contributed by atoms with Gasteiger partial charge in [0.05, 0.1) is 29.9 Å². The summed E-state index contributed by atoms with van der Waals surface area (Å²) in [6.07, 6.45) is 6.62. The molecule has 24 heavy (non-hydrogen) atoms. The Balaban J connectivity index is 2.21. The van der Waals surface area contributed by atoms with Crippen LogP contribution in [0.5, 0.6) is 11.5 Å². The first-order valence-electron chi connectivity index (χ1n) is 7.73. The number of halogens is 1. The second-order valence-electron chi connectivity index (χ2n) is 5.47. The monoisotopic (exact) mass is 392 g/mol. The van der Waals surface area contributed by atoms with Gasteiger partial charge in [-0.15, -0.1) is 0 Å². The highest BCUT2D eigenvalue weighted by Gasteiger charge is 2.11. The largest absolute Gasteiger partial charge is 0.493 e. The number of benzene rings is 1. The van der Waals surface area contributed by atoms with Crippen LogP contribution in [0.3, 0.4) is 0 Å². The molecule has 1 heterocycles. The van der Waals surface area contributed by atoms with E-state index < -0.39 is 0 Å². The summed E-state index contributed by atoms with van der Waals surface area (Å²) in [5, 5.41) is 4.18. The average molecular weight is 393 g/mol. The van der Waals surface area contributed by atoms with Crippen LogP contribution in [0.15, 0.2) is 35.1 Å². The fraction of sp³-hybridized carbons (Fsp3) is 0.333. The minimum Gasteiger partial charge on any atom is -0.493 e. The van der Waals surface area contributed by atoms with Crippen molar-refractivity contribution < 1.29 is 14.3 Å². The third-order valence-corrected chi connectivity index (χ3v) is 3.97. The minimum atomic E-state index is -0.0918. The lowest BCUT2D eigenvalue weighted by molar-refractivity contribution is 0.104. The van der Waals surface area contributed by atoms with Gasteiger partial charge in [-0.2, -0.15) is 5.10 Å². The van der Waals surface area contributed by atoms with E-state index >= 15 is 0 Å². The maximum absolute atomic E-state index is 12.3. The van der Waals surface area contributed by atoms with E-state index in [9.17, 15) is 4.79 Å². The molecule has 0 bridgehead atoms. The molecule has 0 saturated carbocycles. The van der Waals surface area contributed by atoms with Gasteiger partial charge in [-0.25, -0.2) is 0 Å². The first-order chi connectivity index (χ1) is 11.5. The van der Waals surface area contributed by atoms with E-state index in [2.05, 4.69) is 21.0 Å². The Morgan fingerprint density at radius 1 is 1.42 bits per heavy atom. The Kier molecular flexibility index (Phi) is 6.20. The van der Waals surface area contributed by atoms with Crippen molar-refractivity contribution in [1.82, 2.24) is 9.78 Å². The number of ketones is 1. The van der Waals surface area contributed by atoms with Gasteiger partial charge in [-0.05, 0) is 60.5 Å². The SMILES string of the molecule is CCOc1c(Br)cc(C=CC(=O)c2cnn(C(C)C)c2)cc1OC. The zero-order chi connectivity index (χ0) is 17.7. The number of hydrogen-bond donors (Lipinski definition) is 0. The van der Waals surface area contributed by atoms with Crippen LogP contribution < -0.4 is 9.47 Å². The van der Waals surface area contributed by atoms with E-state index in [0.29, 0.717) is 23.7 Å². The van der Waals surface area contributed by atoms with Crippen LogP contribution in [0, 0.1) is 0 Å². The second-order valence-corrected chi connectivity index (χ2v) is 6.32. The summed E-state index contributed by atoms with van der Waals surface area (Å²) in [7, 11) is 1.59. The van der Waals surface area contributed by atoms with E-state index in [-0.39, 0.29) is 11.8 Å². The highest BCUT2D eigenvalue weighted by atomic mass is 79.9. The molecule has 0 N–H and O–H groups in total. The molecule has 0 spiro atoms. The summed E-state index contributed by atoms with van der Waals surface area (Å²) < 4.78 is 13.5. The summed E-state index contributed by atoms with van der Waals surface area (Å²) in [6.45, 7) is 6.49. The third-order valence-electron chi connectivity index (χ3n) is 3.38. The van der Waals surface area contributed by atoms with Crippen molar-refractivity contribution in [3.63, 3.8) is 0 Å². The van der Waals surface area contributed by atoms with E-state index in [1.54, 1.807) is 30.3 Å². The Morgan fingerprint density at radius 3 is 2.75 bits per heavy atom. The van der Waals surface area contributed by atoms with Gasteiger partial charge >= 0.3 is 0 Å². The lowest BCUT2D eigenvalue weighted by atomic mass is 10.1. The van der Waals surface area contributed by atoms with Gasteiger partial charge in [-0.3, -0.25) is 9.48 Å². The maximum atomic E-state index is 12.3. The van der Waals surface area contributed by atoms with Crippen molar-refractivity contribution in [2.24, 2.45) is 0 Å². The van der Waals surface area contributed by atoms with Crippen molar-refractivity contribution in [3.8, 4) is 11.5 Å². The maximum Gasteiger partial charge on any atom is 0.189 e. The molecule has 0 aliphatic rings. The number of methoxy groups -OCH3 is 1. The fourth-order valence-corrected chi connectivity index (χ4v) is 2.71. The number of carbonyl (C=O) groups is 1. The van der Waals surface area contributed by atoms with Gasteiger partial charge in [-0.1, -0.05) is 6.08 Å². The molecule has 128 valence electrons. The fourth-order valence-electron chi connectivity index (χ4n) is 2.14. The first-order valence-corrected chi connectivity index (χ1v) is 8.52. The molecule has 0 radical (unpaired) electrons. The van der Waals surface area contributed by atoms with Gasteiger partial charge in [0, 0.05) is 12.2 Å². The van der Waals surface area contributed by atoms with Crippen LogP contribution in [0.4, 0.5) is 0 Å². The van der Waals surface area contributed by atoms with E-state index in [1.807, 2.05) is 32.9 Å². The lowest BCUT2D eigenvalue weighted by Gasteiger charge is -2.12. The summed E-state index contributed by atoms with van der Waals surface area (Å²) >= 11 is 3.47. The number of carbonyl (C=O) groups excluding carboxylic acids is 1. The van der Waals surface area contributed by atoms with Gasteiger partial charge in [0.1, 0.15) is 0 Å². The van der Waals surface area contributed by atoms with Crippen molar-refractivity contribution in [2.75, 3.05) is 13.7 Å². The van der Waals surface area contributed by atoms with Gasteiger partial charge in [0.2, 0.25) is 0 Å². The molecule has 2 aromatic rings. The predicted octanol–water partition coefficient (Wildman–Crippen LogP) is 4.53. The zero-order valence-electron chi connectivity index (χ0n) is 14.2. The van der Waals surface area contributed by atoms with Crippen LogP contribution in [0.1, 0.15) is 42.7 Å². The first kappa shape index (κ1) is 18.3. The normalized spacial score (nSPS) is 11.2. The van der Waals surface area contributed by atoms with Gasteiger partial charge in [0.15, 0.2) is 17.3 Å². The molecule has 0 aliphatic carbocycles. The molecule has 1 aromatic carbocycles. The highest BCUT2D eigenvalue weighted by Crippen LogP contribution is 2.37. The molecule has 2 rings (SSSR count). The third kappa shape index (κ3) is 4.26. The minimum absolute atomic E-state index is 0.0918. The standard InChI is InChI=1S/C18H21BrN2O3/c1-5-24-18-15(19)8-13(9-17(18)23-4)6-7-16(22)14-10-20-21(11-14)12(2)3/h6-12H,5H2,1-4H3. The van der Waals surface area contributed by atoms with Crippen LogP contribution >= 0.6 is 15.9 Å². The molecule has 0 atom stereocenters. The summed E-state index contributed by atoms with van der Waals surface area (Å²) in [5.74, 6) is 1.18. The summed E-state index contributed by atoms with van der Waals surface area (Å²) in [6, 6.07) is 3.94. The van der Waals surface area contributed by atoms with E-state index in [0.717, 1.165) is 10.0 Å². The van der Waals surface area contributed by atoms with E-state index in [1.165, 1.54) is 6.08 Å². The number of allylic oxidation sites excluding steroid dienone is 1. The number of nitrogens with zero attached hydrogens (tertiary/aromatic N) is 2. The predicted molar refractivity (Wildman–Crippen MR) is 97.8 cm³/mol. The van der Waals surface area contributed by atoms with Crippen molar-refractivity contribution in [1.29, 1.82) is 0 Å². The van der Waals surface area contributed by atoms with Gasteiger partial charge in [0.25, 0.3) is 0 Å². The van der Waals surface area contributed by atoms with E-state index in [4.69, 9.17) is 9.47 Å². The molecule has 0 saturated heterocycles. The molecule has 0 unspecified atom stereocenters. The number of ether oxygens (including phenoxy) is 2. The van der Waals surface area contributed by atoms with Gasteiger partial charge < -0.3 is 9.47 Å². The number of aromatic nitrogens is 2. The Hall–Kier alpha value is -2.08. The molecule has 0 amide bonds. The second kappa shape index (κ2) is 8.15. The van der Waals surface area contributed by atoms with Crippen molar-refractivity contribution >= 4 is 27.8 Å². The van der Waals surface area contributed by atoms with Crippen molar-refractivity contribution in [2.45, 2.75) is 26.8 Å².